The van der Waals surface area contributed by atoms with Crippen molar-refractivity contribution >= 4 is 39.4 Å². The van der Waals surface area contributed by atoms with Gasteiger partial charge in [-0.05, 0) is 63.8 Å². The quantitative estimate of drug-likeness (QED) is 0.673. The minimum absolute atomic E-state index is 0.0384. The lowest BCUT2D eigenvalue weighted by atomic mass is 9.99. The summed E-state index contributed by atoms with van der Waals surface area (Å²) in [6.07, 6.45) is 6.40. The lowest BCUT2D eigenvalue weighted by molar-refractivity contribution is 0.0191. The molecule has 0 aliphatic carbocycles. The highest BCUT2D eigenvalue weighted by Gasteiger charge is 2.28. The molecule has 2 aromatic heterocycles. The van der Waals surface area contributed by atoms with Crippen LogP contribution in [0.1, 0.15) is 39.3 Å². The molecule has 0 aromatic carbocycles. The van der Waals surface area contributed by atoms with Crippen LogP contribution in [0.2, 0.25) is 0 Å². The number of carbonyl (C=O) groups excluding carboxylic acids is 1. The number of carbonyl (C=O) groups is 1. The number of thioether (sulfide) groups is 1. The number of hydrogen-bond donors (Lipinski definition) is 0. The Morgan fingerprint density at radius 2 is 2.03 bits per heavy atom. The normalized spacial score (nSPS) is 17.9. The summed E-state index contributed by atoms with van der Waals surface area (Å²) in [5.74, 6) is 0.133. The van der Waals surface area contributed by atoms with Gasteiger partial charge in [0.1, 0.15) is 11.2 Å². The fraction of sp³-hybridized carbons (Fsp3) is 0.455. The van der Waals surface area contributed by atoms with Gasteiger partial charge in [-0.15, -0.1) is 0 Å². The lowest BCUT2D eigenvalue weighted by Gasteiger charge is -2.33. The summed E-state index contributed by atoms with van der Waals surface area (Å²) in [7, 11) is -3.35. The maximum Gasteiger partial charge on any atom is 0.410 e. The zero-order valence-electron chi connectivity index (χ0n) is 17.9. The molecule has 0 bridgehead atoms. The number of pyridine rings is 1. The molecule has 0 radical (unpaired) electrons. The smallest absolute Gasteiger partial charge is 0.410 e. The van der Waals surface area contributed by atoms with Crippen molar-refractivity contribution in [1.29, 1.82) is 0 Å². The molecule has 0 spiro atoms. The maximum atomic E-state index is 12.7. The van der Waals surface area contributed by atoms with Gasteiger partial charge in [-0.3, -0.25) is 4.40 Å². The van der Waals surface area contributed by atoms with Gasteiger partial charge >= 0.3 is 6.09 Å². The topological polar surface area (TPSA) is 81.0 Å². The number of piperidine rings is 1. The van der Waals surface area contributed by atoms with Crippen LogP contribution >= 0.6 is 11.8 Å². The van der Waals surface area contributed by atoms with Crippen LogP contribution < -0.4 is 0 Å². The summed E-state index contributed by atoms with van der Waals surface area (Å²) in [6, 6.07) is 5.89. The molecule has 166 valence electrons. The highest BCUT2D eigenvalue weighted by atomic mass is 32.2. The van der Waals surface area contributed by atoms with Gasteiger partial charge in [0.25, 0.3) is 0 Å². The number of ether oxygens (including phenoxy) is 1. The first-order valence-corrected chi connectivity index (χ1v) is 12.9. The number of allylic oxidation sites excluding steroid dienone is 1. The SMILES string of the molecule is CC(C)(C)OC(=O)N1CCC(CS(=O)(=O)C=CC2=Cc3cnc4cccc(n34)S2)CC1. The van der Waals surface area contributed by atoms with Gasteiger partial charge in [0.15, 0.2) is 9.84 Å². The maximum absolute atomic E-state index is 12.7. The third-order valence-corrected chi connectivity index (χ3v) is 7.71. The molecule has 4 rings (SSSR count). The van der Waals surface area contributed by atoms with E-state index in [4.69, 9.17) is 4.74 Å². The Labute approximate surface area is 187 Å². The molecule has 0 saturated carbocycles. The first-order chi connectivity index (χ1) is 14.6. The van der Waals surface area contributed by atoms with Gasteiger partial charge in [-0.2, -0.15) is 0 Å². The minimum atomic E-state index is -3.35. The van der Waals surface area contributed by atoms with E-state index in [0.29, 0.717) is 25.9 Å². The van der Waals surface area contributed by atoms with Gasteiger partial charge in [0.2, 0.25) is 0 Å². The molecule has 2 aliphatic heterocycles. The molecule has 0 atom stereocenters. The molecule has 1 fully saturated rings. The zero-order chi connectivity index (χ0) is 22.2. The van der Waals surface area contributed by atoms with E-state index in [1.54, 1.807) is 17.2 Å². The highest BCUT2D eigenvalue weighted by Crippen LogP contribution is 2.35. The van der Waals surface area contributed by atoms with E-state index >= 15 is 0 Å². The highest BCUT2D eigenvalue weighted by molar-refractivity contribution is 8.03. The van der Waals surface area contributed by atoms with E-state index in [0.717, 1.165) is 21.3 Å². The second-order valence-corrected chi connectivity index (χ2v) is 12.0. The molecule has 31 heavy (non-hydrogen) atoms. The summed E-state index contributed by atoms with van der Waals surface area (Å²) in [5, 5.41) is 2.33. The fourth-order valence-corrected chi connectivity index (χ4v) is 6.29. The summed E-state index contributed by atoms with van der Waals surface area (Å²) in [6.45, 7) is 6.56. The van der Waals surface area contributed by atoms with Crippen LogP contribution in [0.5, 0.6) is 0 Å². The van der Waals surface area contributed by atoms with Gasteiger partial charge in [0.05, 0.1) is 22.7 Å². The molecule has 4 heterocycles. The molecule has 9 heteroatoms. The monoisotopic (exact) mass is 461 g/mol. The molecule has 7 nitrogen and oxygen atoms in total. The van der Waals surface area contributed by atoms with Crippen molar-refractivity contribution in [2.45, 2.75) is 44.2 Å². The number of sulfone groups is 1. The van der Waals surface area contributed by atoms with Crippen LogP contribution in [0.3, 0.4) is 0 Å². The van der Waals surface area contributed by atoms with Crippen LogP contribution in [0, 0.1) is 5.92 Å². The molecule has 2 aliphatic rings. The predicted octanol–water partition coefficient (Wildman–Crippen LogP) is 4.36. The first-order valence-electron chi connectivity index (χ1n) is 10.3. The molecular weight excluding hydrogens is 434 g/mol. The fourth-order valence-electron chi connectivity index (χ4n) is 3.75. The number of hydrogen-bond acceptors (Lipinski definition) is 6. The summed E-state index contributed by atoms with van der Waals surface area (Å²) in [5.41, 5.74) is 1.29. The van der Waals surface area contributed by atoms with Gasteiger partial charge in [-0.1, -0.05) is 17.8 Å². The van der Waals surface area contributed by atoms with Crippen LogP contribution in [0.25, 0.3) is 11.7 Å². The molecule has 1 amide bonds. The van der Waals surface area contributed by atoms with Crippen molar-refractivity contribution in [3.63, 3.8) is 0 Å². The molecule has 1 saturated heterocycles. The van der Waals surface area contributed by atoms with Crippen LogP contribution in [0.15, 0.2) is 45.8 Å². The number of rotatable bonds is 4. The Balaban J connectivity index is 1.35. The Kier molecular flexibility index (Phi) is 5.91. The molecule has 2 aromatic rings. The second-order valence-electron chi connectivity index (χ2n) is 8.93. The van der Waals surface area contributed by atoms with E-state index in [-0.39, 0.29) is 17.8 Å². The minimum Gasteiger partial charge on any atom is -0.444 e. The number of imidazole rings is 1. The number of nitrogens with zero attached hydrogens (tertiary/aromatic N) is 3. The van der Waals surface area contributed by atoms with Crippen LogP contribution in [-0.4, -0.2) is 53.2 Å². The van der Waals surface area contributed by atoms with E-state index in [1.165, 1.54) is 17.2 Å². The largest absolute Gasteiger partial charge is 0.444 e. The summed E-state index contributed by atoms with van der Waals surface area (Å²) >= 11 is 1.52. The third-order valence-electron chi connectivity index (χ3n) is 5.21. The van der Waals surface area contributed by atoms with Gasteiger partial charge in [0, 0.05) is 23.4 Å². The number of aromatic nitrogens is 2. The Morgan fingerprint density at radius 3 is 2.74 bits per heavy atom. The van der Waals surface area contributed by atoms with Gasteiger partial charge < -0.3 is 9.64 Å². The van der Waals surface area contributed by atoms with Crippen LogP contribution in [0.4, 0.5) is 4.79 Å². The molecular formula is C22H27N3O4S2. The first kappa shape index (κ1) is 22.0. The Morgan fingerprint density at radius 1 is 1.29 bits per heavy atom. The summed E-state index contributed by atoms with van der Waals surface area (Å²) in [4.78, 5) is 19.1. The molecule has 0 unspecified atom stereocenters. The van der Waals surface area contributed by atoms with Crippen molar-refractivity contribution < 1.29 is 17.9 Å². The Bertz CT molecular complexity index is 1150. The van der Waals surface area contributed by atoms with E-state index in [1.807, 2.05) is 45.0 Å². The summed E-state index contributed by atoms with van der Waals surface area (Å²) < 4.78 is 32.8. The van der Waals surface area contributed by atoms with E-state index in [9.17, 15) is 13.2 Å². The predicted molar refractivity (Wildman–Crippen MR) is 122 cm³/mol. The van der Waals surface area contributed by atoms with E-state index < -0.39 is 15.4 Å². The second kappa shape index (κ2) is 8.35. The number of likely N-dealkylation sites (tertiary alicyclic amines) is 1. The van der Waals surface area contributed by atoms with Crippen molar-refractivity contribution in [3.05, 3.63) is 46.5 Å². The lowest BCUT2D eigenvalue weighted by Crippen LogP contribution is -2.42. The van der Waals surface area contributed by atoms with Crippen LogP contribution in [-0.2, 0) is 14.6 Å². The molecule has 0 N–H and O–H groups in total. The van der Waals surface area contributed by atoms with Crippen molar-refractivity contribution in [2.24, 2.45) is 5.92 Å². The van der Waals surface area contributed by atoms with Crippen molar-refractivity contribution in [2.75, 3.05) is 18.8 Å². The average molecular weight is 462 g/mol. The zero-order valence-corrected chi connectivity index (χ0v) is 19.6. The van der Waals surface area contributed by atoms with Crippen molar-refractivity contribution in [3.8, 4) is 0 Å². The standard InChI is InChI=1S/C22H27N3O4S2/c1-22(2,3)29-21(26)24-10-7-16(8-11-24)15-31(27,28)12-9-18-13-17-14-23-19-5-4-6-20(30-18)25(17)19/h4-6,9,12-14,16H,7-8,10-11,15H2,1-3H3. The van der Waals surface area contributed by atoms with Crippen molar-refractivity contribution in [1.82, 2.24) is 14.3 Å². The Hall–Kier alpha value is -2.26. The number of amides is 1. The average Bonchev–Trinajstić information content (AvgIpc) is 3.10. The van der Waals surface area contributed by atoms with E-state index in [2.05, 4.69) is 9.38 Å². The third kappa shape index (κ3) is 5.33. The van der Waals surface area contributed by atoms with Gasteiger partial charge in [-0.25, -0.2) is 18.2 Å².